The third-order valence-electron chi connectivity index (χ3n) is 4.26. The van der Waals surface area contributed by atoms with Crippen molar-refractivity contribution in [3.05, 3.63) is 71.6 Å². The largest absolute Gasteiger partial charge is 0.493 e. The predicted octanol–water partition coefficient (Wildman–Crippen LogP) is 3.77. The van der Waals surface area contributed by atoms with Crippen LogP contribution in [0.5, 0.6) is 11.5 Å². The summed E-state index contributed by atoms with van der Waals surface area (Å²) in [4.78, 5) is 21.1. The number of hydrogen-bond donors (Lipinski definition) is 0. The van der Waals surface area contributed by atoms with Crippen molar-refractivity contribution in [2.45, 2.75) is 6.61 Å². The zero-order valence-corrected chi connectivity index (χ0v) is 17.1. The lowest BCUT2D eigenvalue weighted by molar-refractivity contribution is 0.0468. The minimum absolute atomic E-state index is 0.0729. The average molecular weight is 422 g/mol. The molecule has 4 aromatic rings. The Bertz CT molecular complexity index is 1140. The van der Waals surface area contributed by atoms with Gasteiger partial charge in [0.05, 0.1) is 25.5 Å². The van der Waals surface area contributed by atoms with E-state index in [1.54, 1.807) is 49.5 Å². The van der Waals surface area contributed by atoms with Crippen LogP contribution >= 0.6 is 11.3 Å². The lowest BCUT2D eigenvalue weighted by Crippen LogP contribution is -2.07. The number of rotatable bonds is 7. The van der Waals surface area contributed by atoms with Gasteiger partial charge in [-0.15, -0.1) is 11.3 Å². The van der Waals surface area contributed by atoms with Crippen LogP contribution in [0.25, 0.3) is 16.4 Å². The molecule has 0 amide bonds. The van der Waals surface area contributed by atoms with E-state index in [4.69, 9.17) is 14.2 Å². The molecule has 0 unspecified atom stereocenters. The smallest absolute Gasteiger partial charge is 0.340 e. The van der Waals surface area contributed by atoms with Crippen LogP contribution in [0.1, 0.15) is 16.1 Å². The molecule has 0 saturated heterocycles. The van der Waals surface area contributed by atoms with E-state index >= 15 is 0 Å². The van der Waals surface area contributed by atoms with Gasteiger partial charge in [0.25, 0.3) is 0 Å². The molecular formula is C21H18N4O4S. The van der Waals surface area contributed by atoms with Crippen LogP contribution in [-0.2, 0) is 11.3 Å². The summed E-state index contributed by atoms with van der Waals surface area (Å²) >= 11 is 1.46. The minimum Gasteiger partial charge on any atom is -0.493 e. The molecule has 0 spiro atoms. The maximum atomic E-state index is 12.3. The number of hydrogen-bond acceptors (Lipinski definition) is 8. The molecule has 4 rings (SSSR count). The summed E-state index contributed by atoms with van der Waals surface area (Å²) in [5.74, 6) is 1.44. The van der Waals surface area contributed by atoms with Crippen molar-refractivity contribution in [1.82, 2.24) is 19.7 Å². The van der Waals surface area contributed by atoms with E-state index in [0.717, 1.165) is 10.6 Å². The Morgan fingerprint density at radius 2 is 2.00 bits per heavy atom. The van der Waals surface area contributed by atoms with Crippen LogP contribution in [0.4, 0.5) is 0 Å². The van der Waals surface area contributed by atoms with Crippen LogP contribution < -0.4 is 9.47 Å². The number of carbonyl (C=O) groups excluding carboxylic acids is 1. The first-order valence-corrected chi connectivity index (χ1v) is 9.86. The van der Waals surface area contributed by atoms with Gasteiger partial charge in [-0.25, -0.2) is 19.4 Å². The number of methoxy groups -OCH3 is 2. The SMILES string of the molecule is COc1ccc(-c2nc(COC(=O)c3ccc(-n4cccn4)nc3)cs2)cc1OC. The normalized spacial score (nSPS) is 10.6. The molecule has 0 atom stereocenters. The summed E-state index contributed by atoms with van der Waals surface area (Å²) in [6, 6.07) is 10.8. The van der Waals surface area contributed by atoms with Crippen molar-refractivity contribution in [1.29, 1.82) is 0 Å². The minimum atomic E-state index is -0.463. The van der Waals surface area contributed by atoms with Crippen LogP contribution in [0.2, 0.25) is 0 Å². The van der Waals surface area contributed by atoms with Crippen LogP contribution in [0.15, 0.2) is 60.4 Å². The fourth-order valence-corrected chi connectivity index (χ4v) is 3.55. The molecule has 3 heterocycles. The fourth-order valence-electron chi connectivity index (χ4n) is 2.74. The van der Waals surface area contributed by atoms with Crippen molar-refractivity contribution >= 4 is 17.3 Å². The van der Waals surface area contributed by atoms with Crippen molar-refractivity contribution in [3.8, 4) is 27.9 Å². The Hall–Kier alpha value is -3.72. The Morgan fingerprint density at radius 1 is 1.13 bits per heavy atom. The van der Waals surface area contributed by atoms with Gasteiger partial charge in [-0.05, 0) is 36.4 Å². The summed E-state index contributed by atoms with van der Waals surface area (Å²) in [6.07, 6.45) is 4.90. The van der Waals surface area contributed by atoms with Gasteiger partial charge in [0, 0.05) is 29.5 Å². The fraction of sp³-hybridized carbons (Fsp3) is 0.143. The molecule has 3 aromatic heterocycles. The average Bonchev–Trinajstić information content (AvgIpc) is 3.49. The maximum absolute atomic E-state index is 12.3. The number of esters is 1. The monoisotopic (exact) mass is 422 g/mol. The number of thiazole rings is 1. The number of carbonyl (C=O) groups is 1. The van der Waals surface area contributed by atoms with Gasteiger partial charge in [-0.3, -0.25) is 0 Å². The van der Waals surface area contributed by atoms with Crippen molar-refractivity contribution in [2.75, 3.05) is 14.2 Å². The van der Waals surface area contributed by atoms with E-state index in [1.807, 2.05) is 23.6 Å². The molecule has 0 aliphatic rings. The molecule has 9 heteroatoms. The maximum Gasteiger partial charge on any atom is 0.340 e. The second-order valence-electron chi connectivity index (χ2n) is 6.15. The Morgan fingerprint density at radius 3 is 2.70 bits per heavy atom. The predicted molar refractivity (Wildman–Crippen MR) is 111 cm³/mol. The highest BCUT2D eigenvalue weighted by molar-refractivity contribution is 7.13. The van der Waals surface area contributed by atoms with Crippen molar-refractivity contribution in [3.63, 3.8) is 0 Å². The summed E-state index contributed by atoms with van der Waals surface area (Å²) in [6.45, 7) is 0.0729. The molecule has 0 radical (unpaired) electrons. The standard InChI is InChI=1S/C21H18N4O4S/c1-27-17-6-4-14(10-18(17)28-2)20-24-16(13-30-20)12-29-21(26)15-5-7-19(22-11-15)25-9-3-8-23-25/h3-11,13H,12H2,1-2H3. The number of benzene rings is 1. The number of aromatic nitrogens is 4. The highest BCUT2D eigenvalue weighted by atomic mass is 32.1. The highest BCUT2D eigenvalue weighted by Gasteiger charge is 2.12. The molecule has 0 saturated carbocycles. The third-order valence-corrected chi connectivity index (χ3v) is 5.20. The van der Waals surface area contributed by atoms with E-state index in [2.05, 4.69) is 15.1 Å². The Labute approximate surface area is 176 Å². The van der Waals surface area contributed by atoms with E-state index < -0.39 is 5.97 Å². The number of pyridine rings is 1. The topological polar surface area (TPSA) is 88.4 Å². The lowest BCUT2D eigenvalue weighted by Gasteiger charge is -2.08. The van der Waals surface area contributed by atoms with Gasteiger partial charge in [0.15, 0.2) is 17.3 Å². The van der Waals surface area contributed by atoms with E-state index in [-0.39, 0.29) is 6.61 Å². The summed E-state index contributed by atoms with van der Waals surface area (Å²) < 4.78 is 17.6. The zero-order valence-electron chi connectivity index (χ0n) is 16.3. The lowest BCUT2D eigenvalue weighted by atomic mass is 10.2. The second-order valence-corrected chi connectivity index (χ2v) is 7.00. The van der Waals surface area contributed by atoms with E-state index in [1.165, 1.54) is 17.5 Å². The molecule has 0 N–H and O–H groups in total. The molecule has 0 aliphatic heterocycles. The zero-order chi connectivity index (χ0) is 20.9. The molecule has 1 aromatic carbocycles. The van der Waals surface area contributed by atoms with Crippen LogP contribution in [-0.4, -0.2) is 39.9 Å². The van der Waals surface area contributed by atoms with E-state index in [9.17, 15) is 4.79 Å². The first-order valence-electron chi connectivity index (χ1n) is 8.98. The van der Waals surface area contributed by atoms with Crippen molar-refractivity contribution < 1.29 is 19.0 Å². The molecule has 30 heavy (non-hydrogen) atoms. The van der Waals surface area contributed by atoms with Crippen molar-refractivity contribution in [2.24, 2.45) is 0 Å². The quantitative estimate of drug-likeness (QED) is 0.419. The Kier molecular flexibility index (Phi) is 5.71. The first kappa shape index (κ1) is 19.6. The van der Waals surface area contributed by atoms with E-state index in [0.29, 0.717) is 28.6 Å². The van der Waals surface area contributed by atoms with Gasteiger partial charge in [0.1, 0.15) is 11.6 Å². The van der Waals surface area contributed by atoms with Gasteiger partial charge in [-0.2, -0.15) is 5.10 Å². The molecule has 8 nitrogen and oxygen atoms in total. The van der Waals surface area contributed by atoms with Gasteiger partial charge in [-0.1, -0.05) is 0 Å². The van der Waals surface area contributed by atoms with Crippen LogP contribution in [0, 0.1) is 0 Å². The molecule has 0 fully saturated rings. The number of nitrogens with zero attached hydrogens (tertiary/aromatic N) is 4. The van der Waals surface area contributed by atoms with Crippen LogP contribution in [0.3, 0.4) is 0 Å². The van der Waals surface area contributed by atoms with Gasteiger partial charge >= 0.3 is 5.97 Å². The second kappa shape index (κ2) is 8.75. The summed E-state index contributed by atoms with van der Waals surface area (Å²) in [5.41, 5.74) is 1.93. The number of ether oxygens (including phenoxy) is 3. The summed E-state index contributed by atoms with van der Waals surface area (Å²) in [5, 5.41) is 6.76. The first-order chi connectivity index (χ1) is 14.7. The summed E-state index contributed by atoms with van der Waals surface area (Å²) in [7, 11) is 3.18. The van der Waals surface area contributed by atoms with Gasteiger partial charge in [0.2, 0.25) is 0 Å². The highest BCUT2D eigenvalue weighted by Crippen LogP contribution is 2.33. The Balaban J connectivity index is 1.40. The van der Waals surface area contributed by atoms with Gasteiger partial charge < -0.3 is 14.2 Å². The molecule has 0 aliphatic carbocycles. The molecular weight excluding hydrogens is 404 g/mol. The molecule has 152 valence electrons. The third kappa shape index (κ3) is 4.15. The molecule has 0 bridgehead atoms.